The minimum absolute atomic E-state index is 0.163. The van der Waals surface area contributed by atoms with Gasteiger partial charge in [0.25, 0.3) is 0 Å². The third kappa shape index (κ3) is 2.26. The molecule has 0 bridgehead atoms. The van der Waals surface area contributed by atoms with Crippen LogP contribution in [0.4, 0.5) is 0 Å². The molecule has 2 rings (SSSR count). The summed E-state index contributed by atoms with van der Waals surface area (Å²) in [6.07, 6.45) is -3.76. The minimum Gasteiger partial charge on any atom is -0.394 e. The highest BCUT2D eigenvalue weighted by Crippen LogP contribution is 2.25. The van der Waals surface area contributed by atoms with Crippen LogP contribution in [0, 0.1) is 0 Å². The average Bonchev–Trinajstić information content (AvgIpc) is 2.57. The number of nitrogens with one attached hydrogen (secondary N) is 1. The maximum absolute atomic E-state index is 11.1. The fourth-order valence-corrected chi connectivity index (χ4v) is 2.27. The van der Waals surface area contributed by atoms with E-state index in [1.54, 1.807) is 0 Å². The first-order valence-electron chi connectivity index (χ1n) is 5.27. The second kappa shape index (κ2) is 4.83. The molecule has 0 aromatic heterocycles. The predicted molar refractivity (Wildman–Crippen MR) is 59.8 cm³/mol. The Labute approximate surface area is 103 Å². The standard InChI is InChI=1S/C9H14N2O5S/c12-3-4-6(14)7(15)8(16-4)11-2-1-5(13)10-9(11)17/h4,6-8,12,14-15H,1-3H2,(H,10,13,17). The molecule has 4 atom stereocenters. The highest BCUT2D eigenvalue weighted by Gasteiger charge is 2.46. The molecule has 7 nitrogen and oxygen atoms in total. The van der Waals surface area contributed by atoms with Crippen LogP contribution in [0.2, 0.25) is 0 Å². The van der Waals surface area contributed by atoms with E-state index in [4.69, 9.17) is 22.1 Å². The fraction of sp³-hybridized carbons (Fsp3) is 0.778. The lowest BCUT2D eigenvalue weighted by molar-refractivity contribution is -0.123. The first-order valence-corrected chi connectivity index (χ1v) is 5.68. The van der Waals surface area contributed by atoms with E-state index in [2.05, 4.69) is 5.32 Å². The van der Waals surface area contributed by atoms with Crippen LogP contribution in [-0.2, 0) is 9.53 Å². The van der Waals surface area contributed by atoms with Gasteiger partial charge in [0.15, 0.2) is 11.3 Å². The zero-order valence-corrected chi connectivity index (χ0v) is 9.76. The van der Waals surface area contributed by atoms with Crippen molar-refractivity contribution < 1.29 is 24.9 Å². The van der Waals surface area contributed by atoms with Crippen LogP contribution in [0.3, 0.4) is 0 Å². The fourth-order valence-electron chi connectivity index (χ4n) is 1.96. The van der Waals surface area contributed by atoms with Gasteiger partial charge in [0.1, 0.15) is 18.3 Å². The summed E-state index contributed by atoms with van der Waals surface area (Å²) in [5.74, 6) is -0.182. The van der Waals surface area contributed by atoms with Crippen LogP contribution in [-0.4, -0.2) is 68.9 Å². The number of aliphatic hydroxyl groups excluding tert-OH is 3. The van der Waals surface area contributed by atoms with Crippen LogP contribution in [0.5, 0.6) is 0 Å². The van der Waals surface area contributed by atoms with Crippen LogP contribution in [0.15, 0.2) is 0 Å². The Kier molecular flexibility index (Phi) is 3.59. The molecule has 8 heteroatoms. The van der Waals surface area contributed by atoms with Gasteiger partial charge in [0, 0.05) is 13.0 Å². The molecule has 2 aliphatic heterocycles. The maximum atomic E-state index is 11.1. The first-order chi connectivity index (χ1) is 8.04. The Hall–Kier alpha value is -0.800. The van der Waals surface area contributed by atoms with E-state index in [-0.39, 0.29) is 24.0 Å². The topological polar surface area (TPSA) is 102 Å². The second-order valence-electron chi connectivity index (χ2n) is 4.03. The zero-order valence-electron chi connectivity index (χ0n) is 8.94. The van der Waals surface area contributed by atoms with Gasteiger partial charge in [-0.25, -0.2) is 0 Å². The number of carbonyl (C=O) groups excluding carboxylic acids is 1. The lowest BCUT2D eigenvalue weighted by Crippen LogP contribution is -2.56. The minimum atomic E-state index is -1.17. The largest absolute Gasteiger partial charge is 0.394 e. The highest BCUT2D eigenvalue weighted by atomic mass is 32.1. The van der Waals surface area contributed by atoms with Crippen LogP contribution in [0.1, 0.15) is 6.42 Å². The summed E-state index contributed by atoms with van der Waals surface area (Å²) < 4.78 is 5.32. The van der Waals surface area contributed by atoms with Crippen molar-refractivity contribution in [1.82, 2.24) is 10.2 Å². The summed E-state index contributed by atoms with van der Waals surface area (Å²) in [6.45, 7) is -0.0705. The molecule has 0 aromatic rings. The van der Waals surface area contributed by atoms with Gasteiger partial charge in [-0.3, -0.25) is 4.79 Å². The molecular formula is C9H14N2O5S. The number of hydrogen-bond acceptors (Lipinski definition) is 6. The quantitative estimate of drug-likeness (QED) is 0.409. The van der Waals surface area contributed by atoms with Gasteiger partial charge in [-0.15, -0.1) is 0 Å². The summed E-state index contributed by atoms with van der Waals surface area (Å²) in [5, 5.41) is 31.0. The summed E-state index contributed by atoms with van der Waals surface area (Å²) in [6, 6.07) is 0. The van der Waals surface area contributed by atoms with Crippen LogP contribution in [0.25, 0.3) is 0 Å². The third-order valence-corrected chi connectivity index (χ3v) is 3.25. The van der Waals surface area contributed by atoms with Gasteiger partial charge in [0.2, 0.25) is 5.91 Å². The predicted octanol–water partition coefficient (Wildman–Crippen LogP) is -2.47. The van der Waals surface area contributed by atoms with Crippen molar-refractivity contribution in [1.29, 1.82) is 0 Å². The molecule has 2 fully saturated rings. The average molecular weight is 262 g/mol. The van der Waals surface area contributed by atoms with E-state index in [0.717, 1.165) is 0 Å². The monoisotopic (exact) mass is 262 g/mol. The van der Waals surface area contributed by atoms with Gasteiger partial charge < -0.3 is 30.3 Å². The molecule has 0 saturated carbocycles. The van der Waals surface area contributed by atoms with Gasteiger partial charge in [-0.1, -0.05) is 0 Å². The van der Waals surface area contributed by atoms with Gasteiger partial charge >= 0.3 is 0 Å². The van der Waals surface area contributed by atoms with E-state index < -0.39 is 24.5 Å². The molecule has 2 aliphatic rings. The molecule has 0 radical (unpaired) electrons. The summed E-state index contributed by atoms with van der Waals surface area (Å²) in [5.41, 5.74) is 0. The Morgan fingerprint density at radius 1 is 1.47 bits per heavy atom. The van der Waals surface area contributed by atoms with Crippen molar-refractivity contribution in [3.8, 4) is 0 Å². The van der Waals surface area contributed by atoms with E-state index in [1.165, 1.54) is 4.90 Å². The molecule has 0 spiro atoms. The molecular weight excluding hydrogens is 248 g/mol. The Morgan fingerprint density at radius 2 is 2.18 bits per heavy atom. The summed E-state index contributed by atoms with van der Waals surface area (Å²) >= 11 is 4.97. The van der Waals surface area contributed by atoms with Crippen molar-refractivity contribution in [2.24, 2.45) is 0 Å². The lowest BCUT2D eigenvalue weighted by atomic mass is 10.1. The number of carbonyl (C=O) groups is 1. The van der Waals surface area contributed by atoms with Crippen LogP contribution >= 0.6 is 12.2 Å². The number of ether oxygens (including phenoxy) is 1. The van der Waals surface area contributed by atoms with Crippen molar-refractivity contribution >= 4 is 23.2 Å². The normalized spacial score (nSPS) is 38.4. The summed E-state index contributed by atoms with van der Waals surface area (Å²) in [7, 11) is 0. The van der Waals surface area contributed by atoms with E-state index in [9.17, 15) is 15.0 Å². The number of thiocarbonyl (C=S) groups is 1. The van der Waals surface area contributed by atoms with Gasteiger partial charge in [-0.2, -0.15) is 0 Å². The number of nitrogens with zero attached hydrogens (tertiary/aromatic N) is 1. The van der Waals surface area contributed by atoms with Gasteiger partial charge in [0.05, 0.1) is 6.61 Å². The molecule has 4 N–H and O–H groups in total. The number of aliphatic hydroxyl groups is 3. The zero-order chi connectivity index (χ0) is 12.6. The smallest absolute Gasteiger partial charge is 0.227 e. The third-order valence-electron chi connectivity index (χ3n) is 2.91. The molecule has 2 heterocycles. The molecule has 2 saturated heterocycles. The van der Waals surface area contributed by atoms with Gasteiger partial charge in [-0.05, 0) is 12.2 Å². The lowest BCUT2D eigenvalue weighted by Gasteiger charge is -2.35. The van der Waals surface area contributed by atoms with Crippen molar-refractivity contribution in [2.45, 2.75) is 31.0 Å². The van der Waals surface area contributed by atoms with E-state index in [1.807, 2.05) is 0 Å². The Morgan fingerprint density at radius 3 is 2.71 bits per heavy atom. The highest BCUT2D eigenvalue weighted by molar-refractivity contribution is 7.80. The van der Waals surface area contributed by atoms with Crippen LogP contribution < -0.4 is 5.32 Å². The second-order valence-corrected chi connectivity index (χ2v) is 4.41. The van der Waals surface area contributed by atoms with E-state index in [0.29, 0.717) is 6.54 Å². The SMILES string of the molecule is O=C1CCN(C2OC(CO)C(O)C2O)C(=S)N1. The first kappa shape index (κ1) is 12.7. The van der Waals surface area contributed by atoms with Crippen molar-refractivity contribution in [3.63, 3.8) is 0 Å². The molecule has 1 amide bonds. The van der Waals surface area contributed by atoms with Crippen molar-refractivity contribution in [2.75, 3.05) is 13.2 Å². The summed E-state index contributed by atoms with van der Waals surface area (Å²) in [4.78, 5) is 12.6. The Bertz CT molecular complexity index is 339. The van der Waals surface area contributed by atoms with E-state index >= 15 is 0 Å². The Balaban J connectivity index is 2.08. The molecule has 4 unspecified atom stereocenters. The maximum Gasteiger partial charge on any atom is 0.227 e. The number of hydrogen-bond donors (Lipinski definition) is 4. The molecule has 0 aliphatic carbocycles. The molecule has 0 aromatic carbocycles. The molecule has 17 heavy (non-hydrogen) atoms. The van der Waals surface area contributed by atoms with Crippen molar-refractivity contribution in [3.05, 3.63) is 0 Å². The number of rotatable bonds is 2. The number of amides is 1. The molecule has 96 valence electrons.